The van der Waals surface area contributed by atoms with Gasteiger partial charge in [0.2, 0.25) is 0 Å². The average molecular weight is 271 g/mol. The van der Waals surface area contributed by atoms with Gasteiger partial charge in [-0.05, 0) is 36.8 Å². The summed E-state index contributed by atoms with van der Waals surface area (Å²) in [5.74, 6) is -0.899. The zero-order valence-electron chi connectivity index (χ0n) is 10.8. The van der Waals surface area contributed by atoms with E-state index < -0.39 is 12.0 Å². The van der Waals surface area contributed by atoms with E-state index in [9.17, 15) is 9.59 Å². The van der Waals surface area contributed by atoms with Gasteiger partial charge in [-0.25, -0.2) is 14.6 Å². The zero-order chi connectivity index (χ0) is 14.5. The molecule has 1 heterocycles. The van der Waals surface area contributed by atoms with Crippen LogP contribution in [0, 0.1) is 6.92 Å². The van der Waals surface area contributed by atoms with Gasteiger partial charge in [-0.2, -0.15) is 0 Å². The van der Waals surface area contributed by atoms with Crippen molar-refractivity contribution in [2.75, 3.05) is 10.6 Å². The van der Waals surface area contributed by atoms with Gasteiger partial charge in [0.05, 0.1) is 5.56 Å². The molecule has 1 aromatic carbocycles. The van der Waals surface area contributed by atoms with E-state index in [1.165, 1.54) is 18.3 Å². The van der Waals surface area contributed by atoms with Crippen molar-refractivity contribution in [1.29, 1.82) is 0 Å². The second-order valence-electron chi connectivity index (χ2n) is 4.18. The third-order valence-electron chi connectivity index (χ3n) is 2.52. The third kappa shape index (κ3) is 3.55. The fourth-order valence-corrected chi connectivity index (χ4v) is 1.63. The van der Waals surface area contributed by atoms with E-state index in [4.69, 9.17) is 5.11 Å². The molecule has 0 radical (unpaired) electrons. The Balaban J connectivity index is 2.04. The molecular formula is C14H13N3O3. The first kappa shape index (κ1) is 13.5. The minimum absolute atomic E-state index is 0.0610. The molecule has 0 saturated carbocycles. The Morgan fingerprint density at radius 3 is 2.65 bits per heavy atom. The Kier molecular flexibility index (Phi) is 3.95. The normalized spacial score (nSPS) is 9.85. The first-order chi connectivity index (χ1) is 9.54. The highest BCUT2D eigenvalue weighted by Crippen LogP contribution is 2.11. The number of anilines is 2. The minimum Gasteiger partial charge on any atom is -0.478 e. The zero-order valence-corrected chi connectivity index (χ0v) is 10.8. The van der Waals surface area contributed by atoms with E-state index in [2.05, 4.69) is 15.6 Å². The fourth-order valence-electron chi connectivity index (χ4n) is 1.63. The molecule has 0 aliphatic rings. The van der Waals surface area contributed by atoms with Gasteiger partial charge in [0.25, 0.3) is 0 Å². The second-order valence-corrected chi connectivity index (χ2v) is 4.18. The molecule has 0 aliphatic heterocycles. The van der Waals surface area contributed by atoms with Crippen molar-refractivity contribution in [3.63, 3.8) is 0 Å². The lowest BCUT2D eigenvalue weighted by atomic mass is 10.2. The molecule has 0 atom stereocenters. The lowest BCUT2D eigenvalue weighted by molar-refractivity contribution is 0.0696. The number of rotatable bonds is 3. The van der Waals surface area contributed by atoms with Gasteiger partial charge in [-0.3, -0.25) is 5.32 Å². The molecule has 0 spiro atoms. The van der Waals surface area contributed by atoms with Crippen LogP contribution >= 0.6 is 0 Å². The maximum absolute atomic E-state index is 11.8. The van der Waals surface area contributed by atoms with Crippen LogP contribution in [0.5, 0.6) is 0 Å². The summed E-state index contributed by atoms with van der Waals surface area (Å²) in [7, 11) is 0. The number of amides is 2. The summed E-state index contributed by atoms with van der Waals surface area (Å²) in [6.07, 6.45) is 1.33. The summed E-state index contributed by atoms with van der Waals surface area (Å²) >= 11 is 0. The van der Waals surface area contributed by atoms with E-state index in [1.807, 2.05) is 25.1 Å². The van der Waals surface area contributed by atoms with Crippen molar-refractivity contribution in [3.8, 4) is 0 Å². The molecule has 6 heteroatoms. The van der Waals surface area contributed by atoms with E-state index in [1.54, 1.807) is 6.07 Å². The summed E-state index contributed by atoms with van der Waals surface area (Å²) in [6, 6.07) is 9.49. The van der Waals surface area contributed by atoms with Crippen molar-refractivity contribution in [3.05, 3.63) is 53.7 Å². The molecule has 2 rings (SSSR count). The summed E-state index contributed by atoms with van der Waals surface area (Å²) in [5.41, 5.74) is 1.73. The number of nitrogens with one attached hydrogen (secondary N) is 2. The first-order valence-electron chi connectivity index (χ1n) is 5.88. The topological polar surface area (TPSA) is 91.3 Å². The number of hydrogen-bond donors (Lipinski definition) is 3. The molecule has 2 aromatic rings. The van der Waals surface area contributed by atoms with Gasteiger partial charge in [-0.1, -0.05) is 12.1 Å². The van der Waals surface area contributed by atoms with Crippen molar-refractivity contribution in [2.45, 2.75) is 6.92 Å². The Labute approximate surface area is 115 Å². The number of carbonyl (C=O) groups is 2. The molecule has 1 aromatic heterocycles. The average Bonchev–Trinajstić information content (AvgIpc) is 2.38. The number of carboxylic acids is 1. The van der Waals surface area contributed by atoms with Gasteiger partial charge >= 0.3 is 12.0 Å². The number of pyridine rings is 1. The lowest BCUT2D eigenvalue weighted by Gasteiger charge is -2.07. The number of carbonyl (C=O) groups excluding carboxylic acids is 1. The van der Waals surface area contributed by atoms with Crippen LogP contribution in [0.4, 0.5) is 16.3 Å². The first-order valence-corrected chi connectivity index (χ1v) is 5.88. The van der Waals surface area contributed by atoms with Crippen LogP contribution < -0.4 is 10.6 Å². The Hall–Kier alpha value is -2.89. The summed E-state index contributed by atoms with van der Waals surface area (Å²) < 4.78 is 0. The number of urea groups is 1. The van der Waals surface area contributed by atoms with Crippen LogP contribution in [-0.4, -0.2) is 22.1 Å². The molecule has 2 amide bonds. The summed E-state index contributed by atoms with van der Waals surface area (Å²) in [4.78, 5) is 26.5. The smallest absolute Gasteiger partial charge is 0.335 e. The van der Waals surface area contributed by atoms with E-state index in [0.717, 1.165) is 5.56 Å². The Morgan fingerprint density at radius 2 is 1.95 bits per heavy atom. The number of nitrogens with zero attached hydrogens (tertiary/aromatic N) is 1. The molecule has 20 heavy (non-hydrogen) atoms. The SMILES string of the molecule is Cc1cccc(NC(=O)Nc2cc(C(=O)O)ccn2)c1. The Morgan fingerprint density at radius 1 is 1.15 bits per heavy atom. The molecule has 0 bridgehead atoms. The highest BCUT2D eigenvalue weighted by molar-refractivity contribution is 5.99. The molecular weight excluding hydrogens is 258 g/mol. The number of aryl methyl sites for hydroxylation is 1. The van der Waals surface area contributed by atoms with Crippen LogP contribution in [0.3, 0.4) is 0 Å². The van der Waals surface area contributed by atoms with E-state index in [0.29, 0.717) is 5.69 Å². The van der Waals surface area contributed by atoms with Crippen LogP contribution in [-0.2, 0) is 0 Å². The maximum atomic E-state index is 11.8. The van der Waals surface area contributed by atoms with Crippen LogP contribution in [0.2, 0.25) is 0 Å². The molecule has 0 unspecified atom stereocenters. The number of carboxylic acid groups (broad SMARTS) is 1. The molecule has 0 fully saturated rings. The largest absolute Gasteiger partial charge is 0.478 e. The van der Waals surface area contributed by atoms with Gasteiger partial charge < -0.3 is 10.4 Å². The molecule has 102 valence electrons. The number of aromatic carboxylic acids is 1. The Bertz CT molecular complexity index is 656. The van der Waals surface area contributed by atoms with Crippen molar-refractivity contribution in [1.82, 2.24) is 4.98 Å². The number of benzene rings is 1. The number of hydrogen-bond acceptors (Lipinski definition) is 3. The molecule has 0 saturated heterocycles. The predicted octanol–water partition coefficient (Wildman–Crippen LogP) is 2.73. The summed E-state index contributed by atoms with van der Waals surface area (Å²) in [5, 5.41) is 14.0. The maximum Gasteiger partial charge on any atom is 0.335 e. The van der Waals surface area contributed by atoms with Gasteiger partial charge in [0.1, 0.15) is 5.82 Å². The van der Waals surface area contributed by atoms with E-state index >= 15 is 0 Å². The monoisotopic (exact) mass is 271 g/mol. The lowest BCUT2D eigenvalue weighted by Crippen LogP contribution is -2.20. The van der Waals surface area contributed by atoms with Crippen LogP contribution in [0.15, 0.2) is 42.6 Å². The fraction of sp³-hybridized carbons (Fsp3) is 0.0714. The van der Waals surface area contributed by atoms with Gasteiger partial charge in [-0.15, -0.1) is 0 Å². The predicted molar refractivity (Wildman–Crippen MR) is 75.0 cm³/mol. The van der Waals surface area contributed by atoms with Crippen molar-refractivity contribution < 1.29 is 14.7 Å². The van der Waals surface area contributed by atoms with Crippen LogP contribution in [0.25, 0.3) is 0 Å². The third-order valence-corrected chi connectivity index (χ3v) is 2.52. The van der Waals surface area contributed by atoms with Crippen LogP contribution in [0.1, 0.15) is 15.9 Å². The minimum atomic E-state index is -1.07. The van der Waals surface area contributed by atoms with E-state index in [-0.39, 0.29) is 11.4 Å². The highest BCUT2D eigenvalue weighted by atomic mass is 16.4. The highest BCUT2D eigenvalue weighted by Gasteiger charge is 2.07. The van der Waals surface area contributed by atoms with Crippen molar-refractivity contribution in [2.24, 2.45) is 0 Å². The number of aromatic nitrogens is 1. The molecule has 3 N–H and O–H groups in total. The molecule has 0 aliphatic carbocycles. The second kappa shape index (κ2) is 5.83. The van der Waals surface area contributed by atoms with Gasteiger partial charge in [0.15, 0.2) is 0 Å². The standard InChI is InChI=1S/C14H13N3O3/c1-9-3-2-4-11(7-9)16-14(20)17-12-8-10(13(18)19)5-6-15-12/h2-8H,1H3,(H,18,19)(H2,15,16,17,20). The molecule has 6 nitrogen and oxygen atoms in total. The van der Waals surface area contributed by atoms with Crippen molar-refractivity contribution >= 4 is 23.5 Å². The van der Waals surface area contributed by atoms with Gasteiger partial charge in [0, 0.05) is 11.9 Å². The quantitative estimate of drug-likeness (QED) is 0.800. The summed E-state index contributed by atoms with van der Waals surface area (Å²) in [6.45, 7) is 1.92.